The molecule has 28 heavy (non-hydrogen) atoms. The predicted octanol–water partition coefficient (Wildman–Crippen LogP) is 2.76. The van der Waals surface area contributed by atoms with Gasteiger partial charge in [-0.15, -0.1) is 5.10 Å². The highest BCUT2D eigenvalue weighted by molar-refractivity contribution is 7.91. The lowest BCUT2D eigenvalue weighted by Gasteiger charge is -2.05. The number of amides is 1. The van der Waals surface area contributed by atoms with Gasteiger partial charge in [0.2, 0.25) is 5.89 Å². The Morgan fingerprint density at radius 3 is 2.50 bits per heavy atom. The van der Waals surface area contributed by atoms with E-state index in [0.717, 1.165) is 0 Å². The molecule has 3 rings (SSSR count). The molecule has 1 heterocycles. The van der Waals surface area contributed by atoms with Gasteiger partial charge < -0.3 is 9.15 Å². The SMILES string of the molecule is O=C(COc1ccc(Cl)cc1)Nc1nnc(CCS(=O)(=O)c2ccccc2)o1. The first-order chi connectivity index (χ1) is 13.4. The van der Waals surface area contributed by atoms with Crippen LogP contribution in [-0.4, -0.2) is 36.9 Å². The van der Waals surface area contributed by atoms with Crippen LogP contribution in [0.15, 0.2) is 63.9 Å². The summed E-state index contributed by atoms with van der Waals surface area (Å²) >= 11 is 5.77. The summed E-state index contributed by atoms with van der Waals surface area (Å²) in [7, 11) is -3.46. The minimum absolute atomic E-state index is 0.0291. The molecule has 8 nitrogen and oxygen atoms in total. The van der Waals surface area contributed by atoms with E-state index in [-0.39, 0.29) is 35.6 Å². The Morgan fingerprint density at radius 2 is 1.79 bits per heavy atom. The number of halogens is 1. The summed E-state index contributed by atoms with van der Waals surface area (Å²) in [6.45, 7) is -0.262. The van der Waals surface area contributed by atoms with Crippen LogP contribution in [0.3, 0.4) is 0 Å². The second kappa shape index (κ2) is 8.85. The fourth-order valence-corrected chi connectivity index (χ4v) is 3.58. The van der Waals surface area contributed by atoms with Crippen molar-refractivity contribution in [2.24, 2.45) is 0 Å². The van der Waals surface area contributed by atoms with Crippen LogP contribution in [0.2, 0.25) is 5.02 Å². The highest BCUT2D eigenvalue weighted by atomic mass is 35.5. The van der Waals surface area contributed by atoms with Crippen molar-refractivity contribution < 1.29 is 22.4 Å². The molecule has 0 aliphatic rings. The predicted molar refractivity (Wildman–Crippen MR) is 102 cm³/mol. The van der Waals surface area contributed by atoms with Crippen molar-refractivity contribution in [3.63, 3.8) is 0 Å². The average molecular weight is 422 g/mol. The van der Waals surface area contributed by atoms with Gasteiger partial charge in [0.05, 0.1) is 10.6 Å². The standard InChI is InChI=1S/C18H16ClN3O5S/c19-13-6-8-14(9-7-13)26-12-16(23)20-18-22-21-17(27-18)10-11-28(24,25)15-4-2-1-3-5-15/h1-9H,10-12H2,(H,20,22,23). The summed E-state index contributed by atoms with van der Waals surface area (Å²) in [5.41, 5.74) is 0. The molecule has 0 saturated carbocycles. The summed E-state index contributed by atoms with van der Waals surface area (Å²) in [5.74, 6) is -0.0981. The maximum absolute atomic E-state index is 12.2. The molecule has 3 aromatic rings. The average Bonchev–Trinajstić information content (AvgIpc) is 3.14. The molecule has 2 aromatic carbocycles. The molecular weight excluding hydrogens is 406 g/mol. The van der Waals surface area contributed by atoms with Crippen LogP contribution in [0.5, 0.6) is 5.75 Å². The number of nitrogens with one attached hydrogen (secondary N) is 1. The normalized spacial score (nSPS) is 11.2. The molecule has 1 amide bonds. The van der Waals surface area contributed by atoms with Gasteiger partial charge in [0.1, 0.15) is 5.75 Å². The van der Waals surface area contributed by atoms with Crippen LogP contribution < -0.4 is 10.1 Å². The van der Waals surface area contributed by atoms with Crippen molar-refractivity contribution in [3.8, 4) is 5.75 Å². The van der Waals surface area contributed by atoms with Gasteiger partial charge in [0.25, 0.3) is 5.91 Å². The molecule has 10 heteroatoms. The van der Waals surface area contributed by atoms with E-state index in [1.165, 1.54) is 12.1 Å². The molecular formula is C18H16ClN3O5S. The Balaban J connectivity index is 1.49. The van der Waals surface area contributed by atoms with E-state index in [2.05, 4.69) is 15.5 Å². The number of hydrogen-bond acceptors (Lipinski definition) is 7. The van der Waals surface area contributed by atoms with Crippen LogP contribution in [-0.2, 0) is 21.1 Å². The Labute approximate surface area is 166 Å². The zero-order valence-corrected chi connectivity index (χ0v) is 16.1. The first-order valence-electron chi connectivity index (χ1n) is 8.21. The smallest absolute Gasteiger partial charge is 0.322 e. The maximum Gasteiger partial charge on any atom is 0.322 e. The molecule has 0 fully saturated rings. The largest absolute Gasteiger partial charge is 0.484 e. The molecule has 0 saturated heterocycles. The number of carbonyl (C=O) groups is 1. The van der Waals surface area contributed by atoms with E-state index in [4.69, 9.17) is 20.8 Å². The lowest BCUT2D eigenvalue weighted by Crippen LogP contribution is -2.20. The number of ether oxygens (including phenoxy) is 1. The molecule has 0 bridgehead atoms. The number of nitrogens with zero attached hydrogens (tertiary/aromatic N) is 2. The number of aryl methyl sites for hydroxylation is 1. The number of anilines is 1. The fraction of sp³-hybridized carbons (Fsp3) is 0.167. The number of hydrogen-bond donors (Lipinski definition) is 1. The molecule has 1 N–H and O–H groups in total. The summed E-state index contributed by atoms with van der Waals surface area (Å²) < 4.78 is 35.1. The summed E-state index contributed by atoms with van der Waals surface area (Å²) in [5, 5.41) is 10.4. The van der Waals surface area contributed by atoms with E-state index in [0.29, 0.717) is 10.8 Å². The van der Waals surface area contributed by atoms with Crippen molar-refractivity contribution in [1.82, 2.24) is 10.2 Å². The quantitative estimate of drug-likeness (QED) is 0.595. The Morgan fingerprint density at radius 1 is 1.07 bits per heavy atom. The van der Waals surface area contributed by atoms with Gasteiger partial charge >= 0.3 is 6.01 Å². The second-order valence-electron chi connectivity index (χ2n) is 5.67. The minimum Gasteiger partial charge on any atom is -0.484 e. The van der Waals surface area contributed by atoms with E-state index in [1.807, 2.05) is 0 Å². The van der Waals surface area contributed by atoms with Gasteiger partial charge in [-0.3, -0.25) is 10.1 Å². The highest BCUT2D eigenvalue weighted by Crippen LogP contribution is 2.16. The fourth-order valence-electron chi connectivity index (χ4n) is 2.21. The molecule has 0 unspecified atom stereocenters. The monoisotopic (exact) mass is 421 g/mol. The van der Waals surface area contributed by atoms with Gasteiger partial charge in [0, 0.05) is 11.4 Å². The molecule has 0 aliphatic heterocycles. The first kappa shape index (κ1) is 19.8. The Kier molecular flexibility index (Phi) is 6.27. The molecule has 146 valence electrons. The van der Waals surface area contributed by atoms with Gasteiger partial charge in [0.15, 0.2) is 16.4 Å². The molecule has 0 atom stereocenters. The molecule has 0 spiro atoms. The van der Waals surface area contributed by atoms with E-state index < -0.39 is 15.7 Å². The zero-order valence-electron chi connectivity index (χ0n) is 14.5. The van der Waals surface area contributed by atoms with Crippen LogP contribution in [0.1, 0.15) is 5.89 Å². The highest BCUT2D eigenvalue weighted by Gasteiger charge is 2.17. The Hall–Kier alpha value is -2.91. The minimum atomic E-state index is -3.46. The molecule has 1 aromatic heterocycles. The third-order valence-corrected chi connectivity index (χ3v) is 5.57. The van der Waals surface area contributed by atoms with Crippen LogP contribution in [0.25, 0.3) is 0 Å². The van der Waals surface area contributed by atoms with Crippen LogP contribution in [0, 0.1) is 0 Å². The van der Waals surface area contributed by atoms with E-state index in [9.17, 15) is 13.2 Å². The second-order valence-corrected chi connectivity index (χ2v) is 8.22. The van der Waals surface area contributed by atoms with Crippen molar-refractivity contribution in [3.05, 3.63) is 65.5 Å². The van der Waals surface area contributed by atoms with Gasteiger partial charge in [-0.05, 0) is 36.4 Å². The first-order valence-corrected chi connectivity index (χ1v) is 10.2. The molecule has 0 aliphatic carbocycles. The van der Waals surface area contributed by atoms with Gasteiger partial charge in [-0.2, -0.15) is 0 Å². The van der Waals surface area contributed by atoms with Crippen molar-refractivity contribution >= 4 is 33.4 Å². The van der Waals surface area contributed by atoms with Gasteiger partial charge in [-0.25, -0.2) is 8.42 Å². The topological polar surface area (TPSA) is 111 Å². The van der Waals surface area contributed by atoms with Crippen LogP contribution >= 0.6 is 11.6 Å². The maximum atomic E-state index is 12.2. The summed E-state index contributed by atoms with van der Waals surface area (Å²) in [6.07, 6.45) is 0.0291. The Bertz CT molecular complexity index is 1040. The van der Waals surface area contributed by atoms with E-state index in [1.54, 1.807) is 42.5 Å². The van der Waals surface area contributed by atoms with Crippen molar-refractivity contribution in [1.29, 1.82) is 0 Å². The summed E-state index contributed by atoms with van der Waals surface area (Å²) in [4.78, 5) is 12.1. The molecule has 0 radical (unpaired) electrons. The number of aromatic nitrogens is 2. The zero-order chi connectivity index (χ0) is 20.0. The number of benzene rings is 2. The van der Waals surface area contributed by atoms with Crippen molar-refractivity contribution in [2.75, 3.05) is 17.7 Å². The number of carbonyl (C=O) groups excluding carboxylic acids is 1. The summed E-state index contributed by atoms with van der Waals surface area (Å²) in [6, 6.07) is 14.5. The number of rotatable bonds is 8. The lowest BCUT2D eigenvalue weighted by atomic mass is 10.3. The number of sulfone groups is 1. The van der Waals surface area contributed by atoms with Crippen LogP contribution in [0.4, 0.5) is 6.01 Å². The third-order valence-electron chi connectivity index (χ3n) is 3.58. The lowest BCUT2D eigenvalue weighted by molar-refractivity contribution is -0.118. The van der Waals surface area contributed by atoms with Crippen molar-refractivity contribution in [2.45, 2.75) is 11.3 Å². The third kappa shape index (κ3) is 5.54. The van der Waals surface area contributed by atoms with E-state index >= 15 is 0 Å². The van der Waals surface area contributed by atoms with Gasteiger partial charge in [-0.1, -0.05) is 34.9 Å².